The van der Waals surface area contributed by atoms with Crippen LogP contribution in [0.2, 0.25) is 0 Å². The van der Waals surface area contributed by atoms with Crippen molar-refractivity contribution in [3.8, 4) is 0 Å². The maximum Gasteiger partial charge on any atom is 0.191 e. The van der Waals surface area contributed by atoms with Gasteiger partial charge in [0.05, 0.1) is 0 Å². The van der Waals surface area contributed by atoms with Gasteiger partial charge in [-0.15, -0.1) is 24.0 Å². The number of hydrogen-bond acceptors (Lipinski definition) is 2. The summed E-state index contributed by atoms with van der Waals surface area (Å²) in [7, 11) is 1.86. The van der Waals surface area contributed by atoms with Gasteiger partial charge in [0.25, 0.3) is 0 Å². The lowest BCUT2D eigenvalue weighted by atomic mass is 10.1. The maximum atomic E-state index is 4.38. The highest BCUT2D eigenvalue weighted by Gasteiger charge is 2.31. The van der Waals surface area contributed by atoms with E-state index in [1.165, 1.54) is 44.3 Å². The molecule has 0 atom stereocenters. The number of halogens is 2. The van der Waals surface area contributed by atoms with E-state index in [1.54, 1.807) is 0 Å². The Hall–Kier alpha value is -0.340. The minimum atomic E-state index is 0. The van der Waals surface area contributed by atoms with Crippen LogP contribution < -0.4 is 10.6 Å². The van der Waals surface area contributed by atoms with Crippen molar-refractivity contribution >= 4 is 45.9 Å². The standard InChI is InChI=1S/C19H29BrN4.HI/c1-21-19(22-11-3-5-15-4-2-6-16(20)14-15)23-17-9-12-24(13-10-17)18-7-8-18;/h2,4,6,14,17-18H,3,5,7-13H2,1H3,(H2,21,22,23);1H. The van der Waals surface area contributed by atoms with E-state index in [4.69, 9.17) is 0 Å². The van der Waals surface area contributed by atoms with Crippen LogP contribution in [0.25, 0.3) is 0 Å². The fourth-order valence-electron chi connectivity index (χ4n) is 3.43. The van der Waals surface area contributed by atoms with Crippen molar-refractivity contribution < 1.29 is 0 Å². The lowest BCUT2D eigenvalue weighted by Crippen LogP contribution is -2.49. The number of aliphatic imine (C=N–C) groups is 1. The Labute approximate surface area is 177 Å². The van der Waals surface area contributed by atoms with Crippen molar-refractivity contribution in [3.63, 3.8) is 0 Å². The van der Waals surface area contributed by atoms with Gasteiger partial charge in [-0.3, -0.25) is 4.99 Å². The van der Waals surface area contributed by atoms with Crippen LogP contribution in [0.15, 0.2) is 33.7 Å². The second-order valence-electron chi connectivity index (χ2n) is 6.92. The number of hydrogen-bond donors (Lipinski definition) is 2. The molecule has 1 aromatic rings. The highest BCUT2D eigenvalue weighted by molar-refractivity contribution is 14.0. The Balaban J connectivity index is 0.00000225. The summed E-state index contributed by atoms with van der Waals surface area (Å²) in [6.07, 6.45) is 7.49. The molecule has 0 bridgehead atoms. The molecule has 0 spiro atoms. The van der Waals surface area contributed by atoms with E-state index in [2.05, 4.69) is 60.7 Å². The lowest BCUT2D eigenvalue weighted by molar-refractivity contribution is 0.197. The summed E-state index contributed by atoms with van der Waals surface area (Å²) in [4.78, 5) is 7.04. The Morgan fingerprint density at radius 2 is 2.00 bits per heavy atom. The number of likely N-dealkylation sites (tertiary alicyclic amines) is 1. The molecule has 0 aromatic heterocycles. The molecular weight excluding hydrogens is 491 g/mol. The smallest absolute Gasteiger partial charge is 0.191 e. The van der Waals surface area contributed by atoms with Gasteiger partial charge < -0.3 is 15.5 Å². The first-order valence-electron chi connectivity index (χ1n) is 9.20. The van der Waals surface area contributed by atoms with Gasteiger partial charge in [-0.25, -0.2) is 0 Å². The number of nitrogens with one attached hydrogen (secondary N) is 2. The summed E-state index contributed by atoms with van der Waals surface area (Å²) < 4.78 is 1.16. The molecule has 1 aliphatic carbocycles. The van der Waals surface area contributed by atoms with Gasteiger partial charge in [-0.05, 0) is 56.2 Å². The number of piperidine rings is 1. The van der Waals surface area contributed by atoms with E-state index >= 15 is 0 Å². The monoisotopic (exact) mass is 520 g/mol. The first-order chi connectivity index (χ1) is 11.7. The summed E-state index contributed by atoms with van der Waals surface area (Å²) in [6, 6.07) is 10.0. The number of benzene rings is 1. The van der Waals surface area contributed by atoms with Crippen LogP contribution in [0, 0.1) is 0 Å². The van der Waals surface area contributed by atoms with Crippen LogP contribution in [0.3, 0.4) is 0 Å². The van der Waals surface area contributed by atoms with Gasteiger partial charge in [0.2, 0.25) is 0 Å². The van der Waals surface area contributed by atoms with E-state index in [0.717, 1.165) is 35.9 Å². The third kappa shape index (κ3) is 7.06. The van der Waals surface area contributed by atoms with Crippen LogP contribution >= 0.6 is 39.9 Å². The summed E-state index contributed by atoms with van der Waals surface area (Å²) >= 11 is 3.53. The number of aryl methyl sites for hydroxylation is 1. The molecule has 0 radical (unpaired) electrons. The van der Waals surface area contributed by atoms with Gasteiger partial charge in [-0.1, -0.05) is 28.1 Å². The van der Waals surface area contributed by atoms with Crippen molar-refractivity contribution in [2.24, 2.45) is 4.99 Å². The molecule has 1 heterocycles. The minimum Gasteiger partial charge on any atom is -0.356 e. The van der Waals surface area contributed by atoms with E-state index in [1.807, 2.05) is 7.05 Å². The molecule has 1 aromatic carbocycles. The zero-order chi connectivity index (χ0) is 16.8. The predicted molar refractivity (Wildman–Crippen MR) is 120 cm³/mol. The molecule has 2 aliphatic rings. The fourth-order valence-corrected chi connectivity index (χ4v) is 3.88. The topological polar surface area (TPSA) is 39.7 Å². The van der Waals surface area contributed by atoms with Crippen LogP contribution in [-0.2, 0) is 6.42 Å². The Morgan fingerprint density at radius 3 is 2.64 bits per heavy atom. The maximum absolute atomic E-state index is 4.38. The van der Waals surface area contributed by atoms with E-state index in [9.17, 15) is 0 Å². The predicted octanol–water partition coefficient (Wildman–Crippen LogP) is 3.79. The molecule has 2 N–H and O–H groups in total. The highest BCUT2D eigenvalue weighted by Crippen LogP contribution is 2.29. The largest absolute Gasteiger partial charge is 0.356 e. The van der Waals surface area contributed by atoms with Crippen molar-refractivity contribution in [1.29, 1.82) is 0 Å². The SMILES string of the molecule is CN=C(NCCCc1cccc(Br)c1)NC1CCN(C2CC2)CC1.I. The first-order valence-corrected chi connectivity index (χ1v) is 9.99. The second kappa shape index (κ2) is 10.7. The third-order valence-corrected chi connectivity index (χ3v) is 5.47. The number of rotatable bonds is 6. The Morgan fingerprint density at radius 1 is 1.24 bits per heavy atom. The molecule has 6 heteroatoms. The highest BCUT2D eigenvalue weighted by atomic mass is 127. The molecule has 2 fully saturated rings. The molecule has 1 saturated heterocycles. The Bertz CT molecular complexity index is 554. The van der Waals surface area contributed by atoms with Crippen molar-refractivity contribution in [1.82, 2.24) is 15.5 Å². The van der Waals surface area contributed by atoms with Gasteiger partial charge in [0, 0.05) is 43.2 Å². The quantitative estimate of drug-likeness (QED) is 0.259. The summed E-state index contributed by atoms with van der Waals surface area (Å²) in [5.41, 5.74) is 1.38. The normalized spacial score (nSPS) is 19.4. The summed E-state index contributed by atoms with van der Waals surface area (Å²) in [6.45, 7) is 3.43. The van der Waals surface area contributed by atoms with Gasteiger partial charge >= 0.3 is 0 Å². The zero-order valence-corrected chi connectivity index (χ0v) is 18.9. The van der Waals surface area contributed by atoms with Gasteiger partial charge in [0.1, 0.15) is 0 Å². The molecule has 0 unspecified atom stereocenters. The van der Waals surface area contributed by atoms with Crippen molar-refractivity contribution in [2.45, 2.75) is 50.6 Å². The Kier molecular flexibility index (Phi) is 8.99. The molecule has 25 heavy (non-hydrogen) atoms. The minimum absolute atomic E-state index is 0. The summed E-state index contributed by atoms with van der Waals surface area (Å²) in [5, 5.41) is 7.06. The molecule has 1 aliphatic heterocycles. The van der Waals surface area contributed by atoms with Gasteiger partial charge in [0.15, 0.2) is 5.96 Å². The van der Waals surface area contributed by atoms with E-state index in [0.29, 0.717) is 6.04 Å². The van der Waals surface area contributed by atoms with E-state index in [-0.39, 0.29) is 24.0 Å². The van der Waals surface area contributed by atoms with Crippen molar-refractivity contribution in [2.75, 3.05) is 26.7 Å². The van der Waals surface area contributed by atoms with Gasteiger partial charge in [-0.2, -0.15) is 0 Å². The van der Waals surface area contributed by atoms with Crippen LogP contribution in [0.4, 0.5) is 0 Å². The molecule has 4 nitrogen and oxygen atoms in total. The van der Waals surface area contributed by atoms with Crippen LogP contribution in [0.5, 0.6) is 0 Å². The first kappa shape index (κ1) is 21.0. The molecule has 140 valence electrons. The molecular formula is C19H30BrIN4. The third-order valence-electron chi connectivity index (χ3n) is 4.98. The zero-order valence-electron chi connectivity index (χ0n) is 15.0. The number of nitrogens with zero attached hydrogens (tertiary/aromatic N) is 2. The van der Waals surface area contributed by atoms with E-state index < -0.39 is 0 Å². The summed E-state index contributed by atoms with van der Waals surface area (Å²) in [5.74, 6) is 0.953. The molecule has 0 amide bonds. The average molecular weight is 521 g/mol. The van der Waals surface area contributed by atoms with Crippen LogP contribution in [-0.4, -0.2) is 49.6 Å². The van der Waals surface area contributed by atoms with Crippen molar-refractivity contribution in [3.05, 3.63) is 34.3 Å². The lowest BCUT2D eigenvalue weighted by Gasteiger charge is -2.33. The second-order valence-corrected chi connectivity index (χ2v) is 7.83. The molecule has 1 saturated carbocycles. The van der Waals surface area contributed by atoms with Crippen LogP contribution in [0.1, 0.15) is 37.7 Å². The number of guanidine groups is 1. The fraction of sp³-hybridized carbons (Fsp3) is 0.632. The molecule has 3 rings (SSSR count). The average Bonchev–Trinajstić information content (AvgIpc) is 3.43.